The predicted octanol–water partition coefficient (Wildman–Crippen LogP) is 2.68. The third-order valence-electron chi connectivity index (χ3n) is 4.09. The second-order valence-electron chi connectivity index (χ2n) is 5.81. The zero-order valence-corrected chi connectivity index (χ0v) is 13.8. The van der Waals surface area contributed by atoms with Crippen LogP contribution in [0.5, 0.6) is 5.75 Å². The maximum Gasteiger partial charge on any atom is 0.227 e. The van der Waals surface area contributed by atoms with Crippen molar-refractivity contribution >= 4 is 18.3 Å². The van der Waals surface area contributed by atoms with Gasteiger partial charge >= 0.3 is 0 Å². The SMILES string of the molecule is COc1cccc(C(C)NC(=O)C2(C)CCCNC2)c1.Cl. The van der Waals surface area contributed by atoms with E-state index in [-0.39, 0.29) is 29.8 Å². The van der Waals surface area contributed by atoms with Crippen LogP contribution in [-0.2, 0) is 4.79 Å². The molecule has 2 unspecified atom stereocenters. The molecule has 5 heteroatoms. The van der Waals surface area contributed by atoms with Gasteiger partial charge in [0.25, 0.3) is 0 Å². The number of hydrogen-bond donors (Lipinski definition) is 2. The van der Waals surface area contributed by atoms with Gasteiger partial charge in [0, 0.05) is 6.54 Å². The van der Waals surface area contributed by atoms with Crippen LogP contribution in [-0.4, -0.2) is 26.1 Å². The monoisotopic (exact) mass is 312 g/mol. The van der Waals surface area contributed by atoms with Crippen molar-refractivity contribution < 1.29 is 9.53 Å². The molecule has 0 aromatic heterocycles. The van der Waals surface area contributed by atoms with Crippen molar-refractivity contribution in [2.24, 2.45) is 5.41 Å². The van der Waals surface area contributed by atoms with E-state index in [4.69, 9.17) is 4.74 Å². The zero-order valence-electron chi connectivity index (χ0n) is 12.9. The number of carbonyl (C=O) groups is 1. The molecule has 1 aliphatic heterocycles. The fraction of sp³-hybridized carbons (Fsp3) is 0.562. The number of carbonyl (C=O) groups excluding carboxylic acids is 1. The van der Waals surface area contributed by atoms with Crippen molar-refractivity contribution in [1.29, 1.82) is 0 Å². The zero-order chi connectivity index (χ0) is 14.6. The number of halogens is 1. The Hall–Kier alpha value is -1.26. The summed E-state index contributed by atoms with van der Waals surface area (Å²) in [5, 5.41) is 6.43. The number of ether oxygens (including phenoxy) is 1. The molecule has 1 aliphatic rings. The Morgan fingerprint density at radius 3 is 2.86 bits per heavy atom. The van der Waals surface area contributed by atoms with Gasteiger partial charge in [0.2, 0.25) is 5.91 Å². The van der Waals surface area contributed by atoms with Crippen molar-refractivity contribution in [3.63, 3.8) is 0 Å². The molecule has 118 valence electrons. The average Bonchev–Trinajstić information content (AvgIpc) is 2.48. The Morgan fingerprint density at radius 2 is 2.24 bits per heavy atom. The van der Waals surface area contributed by atoms with E-state index in [1.54, 1.807) is 7.11 Å². The van der Waals surface area contributed by atoms with E-state index in [0.29, 0.717) is 0 Å². The molecule has 0 bridgehead atoms. The van der Waals surface area contributed by atoms with E-state index in [1.165, 1.54) is 0 Å². The maximum absolute atomic E-state index is 12.5. The van der Waals surface area contributed by atoms with Gasteiger partial charge in [-0.25, -0.2) is 0 Å². The molecule has 0 aliphatic carbocycles. The summed E-state index contributed by atoms with van der Waals surface area (Å²) in [4.78, 5) is 12.5. The van der Waals surface area contributed by atoms with Gasteiger partial charge in [0.05, 0.1) is 18.6 Å². The molecule has 1 aromatic carbocycles. The summed E-state index contributed by atoms with van der Waals surface area (Å²) in [5.74, 6) is 0.939. The van der Waals surface area contributed by atoms with Crippen molar-refractivity contribution in [3.05, 3.63) is 29.8 Å². The van der Waals surface area contributed by atoms with Crippen molar-refractivity contribution in [1.82, 2.24) is 10.6 Å². The van der Waals surface area contributed by atoms with Gasteiger partial charge in [-0.15, -0.1) is 12.4 Å². The number of methoxy groups -OCH3 is 1. The molecule has 2 rings (SSSR count). The molecule has 2 atom stereocenters. The topological polar surface area (TPSA) is 50.4 Å². The molecule has 1 aromatic rings. The maximum atomic E-state index is 12.5. The summed E-state index contributed by atoms with van der Waals surface area (Å²) < 4.78 is 5.22. The lowest BCUT2D eigenvalue weighted by molar-refractivity contribution is -0.131. The van der Waals surface area contributed by atoms with Gasteiger partial charge in [-0.05, 0) is 50.9 Å². The molecule has 1 fully saturated rings. The molecule has 4 nitrogen and oxygen atoms in total. The summed E-state index contributed by atoms with van der Waals surface area (Å²) in [6.45, 7) is 5.80. The second kappa shape index (κ2) is 7.66. The van der Waals surface area contributed by atoms with Crippen LogP contribution in [0.25, 0.3) is 0 Å². The minimum Gasteiger partial charge on any atom is -0.497 e. The van der Waals surface area contributed by atoms with Crippen molar-refractivity contribution in [3.8, 4) is 5.75 Å². The minimum absolute atomic E-state index is 0. The fourth-order valence-electron chi connectivity index (χ4n) is 2.62. The molecule has 0 radical (unpaired) electrons. The Morgan fingerprint density at radius 1 is 1.48 bits per heavy atom. The van der Waals surface area contributed by atoms with E-state index in [9.17, 15) is 4.79 Å². The van der Waals surface area contributed by atoms with Gasteiger partial charge in [-0.2, -0.15) is 0 Å². The van der Waals surface area contributed by atoms with Gasteiger partial charge in [0.1, 0.15) is 5.75 Å². The molecule has 0 spiro atoms. The lowest BCUT2D eigenvalue weighted by atomic mass is 9.81. The van der Waals surface area contributed by atoms with Crippen LogP contribution in [0.1, 0.15) is 38.3 Å². The minimum atomic E-state index is -0.300. The first-order valence-electron chi connectivity index (χ1n) is 7.21. The average molecular weight is 313 g/mol. The molecule has 0 saturated carbocycles. The third-order valence-corrected chi connectivity index (χ3v) is 4.09. The van der Waals surface area contributed by atoms with Gasteiger partial charge in [0.15, 0.2) is 0 Å². The fourth-order valence-corrected chi connectivity index (χ4v) is 2.62. The molecular formula is C16H25ClN2O2. The largest absolute Gasteiger partial charge is 0.497 e. The third kappa shape index (κ3) is 4.35. The van der Waals surface area contributed by atoms with E-state index in [0.717, 1.165) is 37.2 Å². The van der Waals surface area contributed by atoms with E-state index in [1.807, 2.05) is 38.1 Å². The Bertz CT molecular complexity index is 473. The van der Waals surface area contributed by atoms with Crippen LogP contribution in [0, 0.1) is 5.41 Å². The first-order valence-corrected chi connectivity index (χ1v) is 7.21. The van der Waals surface area contributed by atoms with Gasteiger partial charge in [-0.1, -0.05) is 12.1 Å². The summed E-state index contributed by atoms with van der Waals surface area (Å²) in [6, 6.07) is 7.81. The summed E-state index contributed by atoms with van der Waals surface area (Å²) >= 11 is 0. The number of benzene rings is 1. The van der Waals surface area contributed by atoms with E-state index >= 15 is 0 Å². The lowest BCUT2D eigenvalue weighted by Gasteiger charge is -2.33. The standard InChI is InChI=1S/C16H24N2O2.ClH/c1-12(13-6-4-7-14(10-13)20-3)18-15(19)16(2)8-5-9-17-11-16;/h4,6-7,10,12,17H,5,8-9,11H2,1-3H3,(H,18,19);1H. The lowest BCUT2D eigenvalue weighted by Crippen LogP contribution is -2.49. The molecule has 21 heavy (non-hydrogen) atoms. The van der Waals surface area contributed by atoms with Gasteiger partial charge in [-0.3, -0.25) is 4.79 Å². The second-order valence-corrected chi connectivity index (χ2v) is 5.81. The molecule has 1 amide bonds. The number of rotatable bonds is 4. The Balaban J connectivity index is 0.00000220. The van der Waals surface area contributed by atoms with Crippen LogP contribution in [0.3, 0.4) is 0 Å². The van der Waals surface area contributed by atoms with Crippen LogP contribution in [0.2, 0.25) is 0 Å². The van der Waals surface area contributed by atoms with Crippen molar-refractivity contribution in [2.45, 2.75) is 32.7 Å². The number of amides is 1. The summed E-state index contributed by atoms with van der Waals surface area (Å²) in [5.41, 5.74) is 0.760. The van der Waals surface area contributed by atoms with Crippen LogP contribution < -0.4 is 15.4 Å². The quantitative estimate of drug-likeness (QED) is 0.898. The molecular weight excluding hydrogens is 288 g/mol. The normalized spacial score (nSPS) is 22.8. The van der Waals surface area contributed by atoms with Gasteiger partial charge < -0.3 is 15.4 Å². The highest BCUT2D eigenvalue weighted by atomic mass is 35.5. The van der Waals surface area contributed by atoms with E-state index in [2.05, 4.69) is 10.6 Å². The number of piperidine rings is 1. The van der Waals surface area contributed by atoms with E-state index < -0.39 is 0 Å². The highest BCUT2D eigenvalue weighted by molar-refractivity contribution is 5.85. The predicted molar refractivity (Wildman–Crippen MR) is 87.0 cm³/mol. The highest BCUT2D eigenvalue weighted by Crippen LogP contribution is 2.27. The molecule has 1 heterocycles. The Labute approximate surface area is 133 Å². The first-order chi connectivity index (χ1) is 9.55. The Kier molecular flexibility index (Phi) is 6.49. The number of nitrogens with one attached hydrogen (secondary N) is 2. The van der Waals surface area contributed by atoms with Crippen LogP contribution in [0.4, 0.5) is 0 Å². The first kappa shape index (κ1) is 17.8. The molecule has 2 N–H and O–H groups in total. The number of hydrogen-bond acceptors (Lipinski definition) is 3. The van der Waals surface area contributed by atoms with Crippen LogP contribution in [0.15, 0.2) is 24.3 Å². The molecule has 1 saturated heterocycles. The van der Waals surface area contributed by atoms with Crippen molar-refractivity contribution in [2.75, 3.05) is 20.2 Å². The summed E-state index contributed by atoms with van der Waals surface area (Å²) in [6.07, 6.45) is 1.99. The van der Waals surface area contributed by atoms with Crippen LogP contribution >= 0.6 is 12.4 Å². The highest BCUT2D eigenvalue weighted by Gasteiger charge is 2.35. The summed E-state index contributed by atoms with van der Waals surface area (Å²) in [7, 11) is 1.65. The smallest absolute Gasteiger partial charge is 0.227 e.